The first-order valence-corrected chi connectivity index (χ1v) is 6.20. The lowest BCUT2D eigenvalue weighted by atomic mass is 10.1. The maximum atomic E-state index is 11.8. The SMILES string of the molecule is NC(=O)C1CC(=O)N(c2ccc3nsnc3c2)C1. The number of amides is 2. The summed E-state index contributed by atoms with van der Waals surface area (Å²) >= 11 is 1.13. The molecule has 92 valence electrons. The van der Waals surface area contributed by atoms with E-state index in [1.54, 1.807) is 11.0 Å². The fourth-order valence-corrected chi connectivity index (χ4v) is 2.60. The van der Waals surface area contributed by atoms with Gasteiger partial charge in [-0.3, -0.25) is 9.59 Å². The van der Waals surface area contributed by atoms with Crippen LogP contribution in [0.2, 0.25) is 0 Å². The molecular weight excluding hydrogens is 252 g/mol. The molecule has 1 unspecified atom stereocenters. The fraction of sp³-hybridized carbons (Fsp3) is 0.273. The van der Waals surface area contributed by atoms with Gasteiger partial charge in [-0.15, -0.1) is 0 Å². The van der Waals surface area contributed by atoms with Gasteiger partial charge in [-0.25, -0.2) is 0 Å². The molecule has 1 aliphatic rings. The normalized spacial score (nSPS) is 19.7. The molecule has 3 rings (SSSR count). The predicted molar refractivity (Wildman–Crippen MR) is 67.1 cm³/mol. The summed E-state index contributed by atoms with van der Waals surface area (Å²) in [5.41, 5.74) is 7.54. The van der Waals surface area contributed by atoms with Crippen LogP contribution in [0.5, 0.6) is 0 Å². The summed E-state index contributed by atoms with van der Waals surface area (Å²) in [6, 6.07) is 5.43. The van der Waals surface area contributed by atoms with Crippen LogP contribution < -0.4 is 10.6 Å². The van der Waals surface area contributed by atoms with Crippen molar-refractivity contribution in [3.8, 4) is 0 Å². The Bertz CT molecular complexity index is 639. The number of carbonyl (C=O) groups excluding carboxylic acids is 2. The van der Waals surface area contributed by atoms with Gasteiger partial charge in [-0.1, -0.05) is 0 Å². The Morgan fingerprint density at radius 3 is 2.89 bits per heavy atom. The van der Waals surface area contributed by atoms with Gasteiger partial charge in [0.15, 0.2) is 0 Å². The number of nitrogens with two attached hydrogens (primary N) is 1. The molecule has 1 saturated heterocycles. The second-order valence-electron chi connectivity index (χ2n) is 4.25. The van der Waals surface area contributed by atoms with E-state index in [1.165, 1.54) is 0 Å². The van der Waals surface area contributed by atoms with E-state index in [4.69, 9.17) is 5.73 Å². The molecule has 7 heteroatoms. The molecule has 1 aromatic heterocycles. The molecule has 0 saturated carbocycles. The Kier molecular flexibility index (Phi) is 2.48. The highest BCUT2D eigenvalue weighted by molar-refractivity contribution is 7.00. The number of rotatable bonds is 2. The van der Waals surface area contributed by atoms with Crippen LogP contribution in [-0.4, -0.2) is 27.1 Å². The zero-order valence-corrected chi connectivity index (χ0v) is 10.2. The van der Waals surface area contributed by atoms with Crippen molar-refractivity contribution in [2.45, 2.75) is 6.42 Å². The molecule has 1 fully saturated rings. The average molecular weight is 262 g/mol. The first-order chi connectivity index (χ1) is 8.65. The third-order valence-electron chi connectivity index (χ3n) is 3.08. The number of hydrogen-bond acceptors (Lipinski definition) is 5. The highest BCUT2D eigenvalue weighted by Gasteiger charge is 2.33. The molecule has 2 heterocycles. The van der Waals surface area contributed by atoms with Gasteiger partial charge in [0.2, 0.25) is 11.8 Å². The molecule has 2 N–H and O–H groups in total. The molecule has 1 atom stereocenters. The number of anilines is 1. The second kappa shape index (κ2) is 4.02. The minimum absolute atomic E-state index is 0.0821. The van der Waals surface area contributed by atoms with Gasteiger partial charge < -0.3 is 10.6 Å². The second-order valence-corrected chi connectivity index (χ2v) is 4.77. The Labute approximate surface area is 107 Å². The van der Waals surface area contributed by atoms with E-state index in [0.717, 1.165) is 28.4 Å². The average Bonchev–Trinajstić information content (AvgIpc) is 2.93. The monoisotopic (exact) mass is 262 g/mol. The topological polar surface area (TPSA) is 89.2 Å². The maximum absolute atomic E-state index is 11.8. The molecule has 0 aliphatic carbocycles. The molecule has 0 radical (unpaired) electrons. The number of carbonyl (C=O) groups is 2. The fourth-order valence-electron chi connectivity index (χ4n) is 2.09. The minimum Gasteiger partial charge on any atom is -0.369 e. The Morgan fingerprint density at radius 2 is 2.17 bits per heavy atom. The summed E-state index contributed by atoms with van der Waals surface area (Å²) in [5, 5.41) is 0. The van der Waals surface area contributed by atoms with Crippen LogP contribution in [0.15, 0.2) is 18.2 Å². The Balaban J connectivity index is 1.94. The molecule has 18 heavy (non-hydrogen) atoms. The summed E-state index contributed by atoms with van der Waals surface area (Å²) in [5.74, 6) is -0.912. The van der Waals surface area contributed by atoms with Crippen LogP contribution >= 0.6 is 11.7 Å². The number of benzene rings is 1. The lowest BCUT2D eigenvalue weighted by molar-refractivity contribution is -0.123. The van der Waals surface area contributed by atoms with E-state index < -0.39 is 11.8 Å². The Morgan fingerprint density at radius 1 is 1.39 bits per heavy atom. The quantitative estimate of drug-likeness (QED) is 0.854. The largest absolute Gasteiger partial charge is 0.369 e. The summed E-state index contributed by atoms with van der Waals surface area (Å²) in [4.78, 5) is 24.5. The first-order valence-electron chi connectivity index (χ1n) is 5.47. The van der Waals surface area contributed by atoms with Crippen LogP contribution in [0, 0.1) is 5.92 Å². The van der Waals surface area contributed by atoms with Crippen LogP contribution in [0.4, 0.5) is 5.69 Å². The highest BCUT2D eigenvalue weighted by atomic mass is 32.1. The molecule has 1 aliphatic heterocycles. The summed E-state index contributed by atoms with van der Waals surface area (Å²) in [7, 11) is 0. The van der Waals surface area contributed by atoms with Gasteiger partial charge in [0, 0.05) is 18.7 Å². The van der Waals surface area contributed by atoms with Crippen LogP contribution in [0.1, 0.15) is 6.42 Å². The van der Waals surface area contributed by atoms with E-state index in [0.29, 0.717) is 6.54 Å². The van der Waals surface area contributed by atoms with Crippen LogP contribution in [-0.2, 0) is 9.59 Å². The molecule has 0 spiro atoms. The lowest BCUT2D eigenvalue weighted by Gasteiger charge is -2.15. The van der Waals surface area contributed by atoms with E-state index in [2.05, 4.69) is 8.75 Å². The van der Waals surface area contributed by atoms with E-state index in [-0.39, 0.29) is 12.3 Å². The van der Waals surface area contributed by atoms with Gasteiger partial charge in [0.25, 0.3) is 0 Å². The number of nitrogens with zero attached hydrogens (tertiary/aromatic N) is 3. The van der Waals surface area contributed by atoms with Gasteiger partial charge in [-0.05, 0) is 18.2 Å². The zero-order valence-electron chi connectivity index (χ0n) is 9.37. The summed E-state index contributed by atoms with van der Waals surface area (Å²) in [6.45, 7) is 0.344. The van der Waals surface area contributed by atoms with Crippen molar-refractivity contribution in [2.75, 3.05) is 11.4 Å². The third kappa shape index (κ3) is 1.72. The van der Waals surface area contributed by atoms with Crippen molar-refractivity contribution < 1.29 is 9.59 Å². The smallest absolute Gasteiger partial charge is 0.227 e. The zero-order chi connectivity index (χ0) is 12.7. The number of hydrogen-bond donors (Lipinski definition) is 1. The highest BCUT2D eigenvalue weighted by Crippen LogP contribution is 2.27. The van der Waals surface area contributed by atoms with Gasteiger partial charge in [0.1, 0.15) is 11.0 Å². The van der Waals surface area contributed by atoms with E-state index >= 15 is 0 Å². The molecule has 2 amide bonds. The van der Waals surface area contributed by atoms with Crippen molar-refractivity contribution in [1.82, 2.24) is 8.75 Å². The van der Waals surface area contributed by atoms with Crippen molar-refractivity contribution in [2.24, 2.45) is 11.7 Å². The van der Waals surface area contributed by atoms with Gasteiger partial charge in [-0.2, -0.15) is 8.75 Å². The van der Waals surface area contributed by atoms with Crippen LogP contribution in [0.3, 0.4) is 0 Å². The standard InChI is InChI=1S/C11H10N4O2S/c12-11(17)6-3-10(16)15(5-6)7-1-2-8-9(4-7)14-18-13-8/h1-2,4,6H,3,5H2,(H2,12,17). The van der Waals surface area contributed by atoms with Crippen molar-refractivity contribution in [3.05, 3.63) is 18.2 Å². The van der Waals surface area contributed by atoms with Crippen molar-refractivity contribution >= 4 is 40.3 Å². The number of fused-ring (bicyclic) bond motifs is 1. The molecule has 6 nitrogen and oxygen atoms in total. The van der Waals surface area contributed by atoms with Crippen LogP contribution in [0.25, 0.3) is 11.0 Å². The van der Waals surface area contributed by atoms with Gasteiger partial charge >= 0.3 is 0 Å². The summed E-state index contributed by atoms with van der Waals surface area (Å²) < 4.78 is 8.23. The summed E-state index contributed by atoms with van der Waals surface area (Å²) in [6.07, 6.45) is 0.183. The Hall–Kier alpha value is -2.02. The van der Waals surface area contributed by atoms with E-state index in [1.807, 2.05) is 12.1 Å². The van der Waals surface area contributed by atoms with Gasteiger partial charge in [0.05, 0.1) is 17.6 Å². The van der Waals surface area contributed by atoms with E-state index in [9.17, 15) is 9.59 Å². The first kappa shape index (κ1) is 11.1. The maximum Gasteiger partial charge on any atom is 0.227 e. The number of primary amides is 1. The third-order valence-corrected chi connectivity index (χ3v) is 3.63. The number of aromatic nitrogens is 2. The lowest BCUT2D eigenvalue weighted by Crippen LogP contribution is -2.28. The molecule has 2 aromatic rings. The van der Waals surface area contributed by atoms with Crippen molar-refractivity contribution in [3.63, 3.8) is 0 Å². The predicted octanol–water partition coefficient (Wildman–Crippen LogP) is 0.529. The van der Waals surface area contributed by atoms with Crippen molar-refractivity contribution in [1.29, 1.82) is 0 Å². The molecular formula is C11H10N4O2S. The molecule has 0 bridgehead atoms. The molecule has 1 aromatic carbocycles. The minimum atomic E-state index is -0.428.